The summed E-state index contributed by atoms with van der Waals surface area (Å²) < 4.78 is 26.8. The van der Waals surface area contributed by atoms with Crippen LogP contribution >= 0.6 is 11.3 Å². The summed E-state index contributed by atoms with van der Waals surface area (Å²) in [6, 6.07) is 8.92. The van der Waals surface area contributed by atoms with Gasteiger partial charge in [-0.3, -0.25) is 14.9 Å². The van der Waals surface area contributed by atoms with Gasteiger partial charge in [0.2, 0.25) is 10.0 Å². The van der Waals surface area contributed by atoms with Gasteiger partial charge < -0.3 is 4.90 Å². The molecule has 0 radical (unpaired) electrons. The van der Waals surface area contributed by atoms with Crippen LogP contribution in [0.15, 0.2) is 41.3 Å². The number of nitro benzene ring substituents is 1. The lowest BCUT2D eigenvalue weighted by molar-refractivity contribution is -0.387. The van der Waals surface area contributed by atoms with Gasteiger partial charge in [0.25, 0.3) is 11.6 Å². The van der Waals surface area contributed by atoms with E-state index in [2.05, 4.69) is 0 Å². The number of para-hydroxylation sites is 1. The highest BCUT2D eigenvalue weighted by molar-refractivity contribution is 7.89. The van der Waals surface area contributed by atoms with Crippen molar-refractivity contribution in [1.82, 2.24) is 9.21 Å². The molecule has 10 heteroatoms. The first-order valence-electron chi connectivity index (χ1n) is 7.90. The first-order valence-corrected chi connectivity index (χ1v) is 10.2. The predicted octanol–water partition coefficient (Wildman–Crippen LogP) is 2.11. The number of benzene rings is 1. The van der Waals surface area contributed by atoms with E-state index in [4.69, 9.17) is 0 Å². The van der Waals surface area contributed by atoms with Crippen LogP contribution in [-0.2, 0) is 10.0 Å². The van der Waals surface area contributed by atoms with Crippen LogP contribution in [0.4, 0.5) is 5.69 Å². The monoisotopic (exact) mass is 395 g/mol. The molecule has 0 bridgehead atoms. The maximum absolute atomic E-state index is 12.8. The number of hydrogen-bond donors (Lipinski definition) is 0. The van der Waals surface area contributed by atoms with Crippen molar-refractivity contribution < 1.29 is 18.1 Å². The van der Waals surface area contributed by atoms with Gasteiger partial charge in [0.1, 0.15) is 0 Å². The fourth-order valence-electron chi connectivity index (χ4n) is 2.80. The van der Waals surface area contributed by atoms with Crippen LogP contribution in [-0.4, -0.2) is 54.6 Å². The van der Waals surface area contributed by atoms with Crippen LogP contribution in [0.5, 0.6) is 0 Å². The summed E-state index contributed by atoms with van der Waals surface area (Å²) in [7, 11) is -3.99. The molecule has 2 aromatic rings. The quantitative estimate of drug-likeness (QED) is 0.583. The minimum absolute atomic E-state index is 0.102. The molecule has 0 saturated carbocycles. The molecule has 0 spiro atoms. The van der Waals surface area contributed by atoms with Gasteiger partial charge in [0.15, 0.2) is 4.90 Å². The lowest BCUT2D eigenvalue weighted by Crippen LogP contribution is -2.50. The molecule has 1 amide bonds. The van der Waals surface area contributed by atoms with Gasteiger partial charge in [-0.25, -0.2) is 8.42 Å². The van der Waals surface area contributed by atoms with Gasteiger partial charge in [0, 0.05) is 37.1 Å². The molecule has 2 heterocycles. The SMILES string of the molecule is Cc1ccc(C(=O)N2CCN(S(=O)(=O)c3ccccc3[N+](=O)[O-])CC2)s1. The summed E-state index contributed by atoms with van der Waals surface area (Å²) in [6.45, 7) is 2.61. The van der Waals surface area contributed by atoms with Crippen LogP contribution in [0.2, 0.25) is 0 Å². The summed E-state index contributed by atoms with van der Waals surface area (Å²) in [5.74, 6) is -0.120. The second-order valence-electron chi connectivity index (χ2n) is 5.83. The first-order chi connectivity index (χ1) is 12.3. The van der Waals surface area contributed by atoms with Gasteiger partial charge in [0.05, 0.1) is 9.80 Å². The van der Waals surface area contributed by atoms with E-state index in [0.29, 0.717) is 4.88 Å². The van der Waals surface area contributed by atoms with Gasteiger partial charge >= 0.3 is 0 Å². The Balaban J connectivity index is 1.75. The average molecular weight is 395 g/mol. The number of carbonyl (C=O) groups is 1. The van der Waals surface area contributed by atoms with E-state index < -0.39 is 20.6 Å². The van der Waals surface area contributed by atoms with E-state index in [9.17, 15) is 23.3 Å². The van der Waals surface area contributed by atoms with E-state index in [1.165, 1.54) is 39.9 Å². The molecule has 3 rings (SSSR count). The third kappa shape index (κ3) is 3.48. The van der Waals surface area contributed by atoms with E-state index in [1.54, 1.807) is 11.0 Å². The summed E-state index contributed by atoms with van der Waals surface area (Å²) in [4.78, 5) is 25.8. The topological polar surface area (TPSA) is 101 Å². The summed E-state index contributed by atoms with van der Waals surface area (Å²) in [5.41, 5.74) is -0.444. The Labute approximate surface area is 154 Å². The van der Waals surface area contributed by atoms with Crippen molar-refractivity contribution in [1.29, 1.82) is 0 Å². The molecule has 1 aliphatic heterocycles. The fraction of sp³-hybridized carbons (Fsp3) is 0.312. The molecule has 1 aliphatic rings. The number of rotatable bonds is 4. The number of carbonyl (C=O) groups excluding carboxylic acids is 1. The van der Waals surface area contributed by atoms with Crippen LogP contribution < -0.4 is 0 Å². The van der Waals surface area contributed by atoms with Crippen molar-refractivity contribution in [3.63, 3.8) is 0 Å². The zero-order chi connectivity index (χ0) is 18.9. The molecule has 1 saturated heterocycles. The lowest BCUT2D eigenvalue weighted by atomic mass is 10.3. The van der Waals surface area contributed by atoms with Crippen molar-refractivity contribution in [2.24, 2.45) is 0 Å². The average Bonchev–Trinajstić information content (AvgIpc) is 3.07. The highest BCUT2D eigenvalue weighted by Gasteiger charge is 2.34. The van der Waals surface area contributed by atoms with Crippen LogP contribution in [0.1, 0.15) is 14.5 Å². The molecule has 1 fully saturated rings. The van der Waals surface area contributed by atoms with Crippen molar-refractivity contribution >= 4 is 33.0 Å². The number of sulfonamides is 1. The van der Waals surface area contributed by atoms with Gasteiger partial charge in [-0.1, -0.05) is 12.1 Å². The van der Waals surface area contributed by atoms with Crippen LogP contribution in [0, 0.1) is 17.0 Å². The number of hydrogen-bond acceptors (Lipinski definition) is 6. The molecule has 0 unspecified atom stereocenters. The molecule has 1 aromatic carbocycles. The number of amides is 1. The van der Waals surface area contributed by atoms with E-state index in [1.807, 2.05) is 13.0 Å². The Kier molecular flexibility index (Phi) is 5.08. The second kappa shape index (κ2) is 7.14. The molecule has 0 N–H and O–H groups in total. The number of nitro groups is 1. The van der Waals surface area contributed by atoms with E-state index in [-0.39, 0.29) is 37.0 Å². The largest absolute Gasteiger partial charge is 0.335 e. The minimum Gasteiger partial charge on any atom is -0.335 e. The maximum Gasteiger partial charge on any atom is 0.289 e. The Morgan fingerprint density at radius 1 is 1.12 bits per heavy atom. The predicted molar refractivity (Wildman–Crippen MR) is 96.8 cm³/mol. The Bertz CT molecular complexity index is 946. The van der Waals surface area contributed by atoms with Crippen LogP contribution in [0.25, 0.3) is 0 Å². The van der Waals surface area contributed by atoms with Crippen molar-refractivity contribution in [3.8, 4) is 0 Å². The molecule has 1 aromatic heterocycles. The van der Waals surface area contributed by atoms with Crippen molar-refractivity contribution in [2.45, 2.75) is 11.8 Å². The molecule has 26 heavy (non-hydrogen) atoms. The van der Waals surface area contributed by atoms with Gasteiger partial charge in [-0.2, -0.15) is 4.31 Å². The number of thiophene rings is 1. The first kappa shape index (κ1) is 18.5. The number of aryl methyl sites for hydroxylation is 1. The Hall–Kier alpha value is -2.30. The highest BCUT2D eigenvalue weighted by atomic mass is 32.2. The maximum atomic E-state index is 12.8. The molecule has 0 atom stereocenters. The summed E-state index contributed by atoms with van der Waals surface area (Å²) in [5, 5.41) is 11.1. The fourth-order valence-corrected chi connectivity index (χ4v) is 5.22. The third-order valence-corrected chi connectivity index (χ3v) is 7.09. The van der Waals surface area contributed by atoms with E-state index in [0.717, 1.165) is 4.88 Å². The molecule has 0 aliphatic carbocycles. The summed E-state index contributed by atoms with van der Waals surface area (Å²) >= 11 is 1.40. The number of piperazine rings is 1. The van der Waals surface area contributed by atoms with Crippen molar-refractivity contribution in [2.75, 3.05) is 26.2 Å². The number of nitrogens with zero attached hydrogens (tertiary/aromatic N) is 3. The molecule has 138 valence electrons. The van der Waals surface area contributed by atoms with Crippen molar-refractivity contribution in [3.05, 3.63) is 56.3 Å². The molecular formula is C16H17N3O5S2. The molecular weight excluding hydrogens is 378 g/mol. The standard InChI is InChI=1S/C16H17N3O5S2/c1-12-6-7-14(25-12)16(20)17-8-10-18(11-9-17)26(23,24)15-5-3-2-4-13(15)19(21)22/h2-7H,8-11H2,1H3. The highest BCUT2D eigenvalue weighted by Crippen LogP contribution is 2.27. The normalized spacial score (nSPS) is 15.8. The molecule has 8 nitrogen and oxygen atoms in total. The second-order valence-corrected chi connectivity index (χ2v) is 9.03. The Morgan fingerprint density at radius 2 is 1.77 bits per heavy atom. The van der Waals surface area contributed by atoms with Gasteiger partial charge in [-0.15, -0.1) is 11.3 Å². The van der Waals surface area contributed by atoms with Crippen LogP contribution in [0.3, 0.4) is 0 Å². The minimum atomic E-state index is -3.99. The summed E-state index contributed by atoms with van der Waals surface area (Å²) in [6.07, 6.45) is 0. The Morgan fingerprint density at radius 3 is 2.35 bits per heavy atom. The third-order valence-electron chi connectivity index (χ3n) is 4.16. The zero-order valence-electron chi connectivity index (χ0n) is 14.0. The zero-order valence-corrected chi connectivity index (χ0v) is 15.6. The van der Waals surface area contributed by atoms with Gasteiger partial charge in [-0.05, 0) is 25.1 Å². The van der Waals surface area contributed by atoms with E-state index >= 15 is 0 Å². The smallest absolute Gasteiger partial charge is 0.289 e. The lowest BCUT2D eigenvalue weighted by Gasteiger charge is -2.33.